The molecule has 0 bridgehead atoms. The average molecular weight is 910 g/mol. The zero-order chi connectivity index (χ0) is 47.2. The summed E-state index contributed by atoms with van der Waals surface area (Å²) in [5.74, 6) is 0.985. The van der Waals surface area contributed by atoms with Crippen LogP contribution in [0.15, 0.2) is 267 Å². The highest BCUT2D eigenvalue weighted by Gasteiger charge is 2.55. The van der Waals surface area contributed by atoms with Crippen LogP contribution < -0.4 is 9.64 Å². The van der Waals surface area contributed by atoms with Crippen molar-refractivity contribution in [1.82, 2.24) is 0 Å². The lowest BCUT2D eigenvalue weighted by molar-refractivity contribution is 0.258. The number of hydrogen-bond acceptors (Lipinski definition) is 2. The van der Waals surface area contributed by atoms with E-state index >= 15 is 0 Å². The smallest absolute Gasteiger partial charge is 0.135 e. The fourth-order valence-corrected chi connectivity index (χ4v) is 13.5. The molecule has 14 rings (SSSR count). The first kappa shape index (κ1) is 41.5. The molecular weight excluding hydrogens is 859 g/mol. The Bertz CT molecular complexity index is 3600. The molecule has 0 fully saturated rings. The van der Waals surface area contributed by atoms with Gasteiger partial charge in [0.25, 0.3) is 0 Å². The van der Waals surface area contributed by atoms with Crippen LogP contribution in [-0.2, 0) is 10.8 Å². The first-order chi connectivity index (χ1) is 35.1. The van der Waals surface area contributed by atoms with E-state index < -0.39 is 10.8 Å². The van der Waals surface area contributed by atoms with Gasteiger partial charge < -0.3 is 9.64 Å². The largest absolute Gasteiger partial charge is 0.484 e. The molecule has 0 aromatic heterocycles. The molecule has 0 spiro atoms. The third-order valence-corrected chi connectivity index (χ3v) is 16.5. The second-order valence-corrected chi connectivity index (χ2v) is 20.1. The van der Waals surface area contributed by atoms with Crippen LogP contribution >= 0.6 is 0 Å². The summed E-state index contributed by atoms with van der Waals surface area (Å²) in [4.78, 5) is 2.49. The Kier molecular flexibility index (Phi) is 9.38. The molecule has 1 aliphatic heterocycles. The van der Waals surface area contributed by atoms with Gasteiger partial charge in [-0.05, 0) is 116 Å². The molecule has 9 aromatic carbocycles. The number of para-hydroxylation sites is 1. The number of allylic oxidation sites excluding steroid dienone is 6. The highest BCUT2D eigenvalue weighted by atomic mass is 16.5. The molecule has 0 saturated carbocycles. The molecule has 0 saturated heterocycles. The number of benzene rings is 9. The van der Waals surface area contributed by atoms with Crippen LogP contribution in [0.3, 0.4) is 0 Å². The number of nitrogens with zero attached hydrogens (tertiary/aromatic N) is 1. The van der Waals surface area contributed by atoms with E-state index in [9.17, 15) is 0 Å². The minimum atomic E-state index is -0.542. The van der Waals surface area contributed by atoms with Crippen LogP contribution in [0.5, 0.6) is 5.75 Å². The maximum Gasteiger partial charge on any atom is 0.135 e. The Balaban J connectivity index is 0.976. The van der Waals surface area contributed by atoms with E-state index in [1.54, 1.807) is 0 Å². The maximum atomic E-state index is 6.77. The molecule has 4 aliphatic carbocycles. The number of ether oxygens (including phenoxy) is 1. The molecule has 3 atom stereocenters. The first-order valence-electron chi connectivity index (χ1n) is 25.1. The van der Waals surface area contributed by atoms with Gasteiger partial charge in [0.2, 0.25) is 0 Å². The van der Waals surface area contributed by atoms with Gasteiger partial charge in [0, 0.05) is 39.5 Å². The van der Waals surface area contributed by atoms with E-state index in [1.807, 2.05) is 0 Å². The van der Waals surface area contributed by atoms with Crippen molar-refractivity contribution in [2.75, 3.05) is 4.90 Å². The van der Waals surface area contributed by atoms with E-state index in [-0.39, 0.29) is 17.4 Å². The third kappa shape index (κ3) is 5.95. The molecule has 3 unspecified atom stereocenters. The highest BCUT2D eigenvalue weighted by Crippen LogP contribution is 2.63. The van der Waals surface area contributed by atoms with Gasteiger partial charge in [-0.25, -0.2) is 0 Å². The van der Waals surface area contributed by atoms with Crippen molar-refractivity contribution in [3.05, 3.63) is 317 Å². The summed E-state index contributed by atoms with van der Waals surface area (Å²) < 4.78 is 6.77. The van der Waals surface area contributed by atoms with Crippen LogP contribution in [0.4, 0.5) is 17.1 Å². The van der Waals surface area contributed by atoms with E-state index in [2.05, 4.69) is 279 Å². The second-order valence-electron chi connectivity index (χ2n) is 20.1. The second kappa shape index (κ2) is 16.1. The third-order valence-electron chi connectivity index (χ3n) is 16.5. The normalized spacial score (nSPS) is 19.9. The van der Waals surface area contributed by atoms with E-state index in [1.165, 1.54) is 77.9 Å². The summed E-state index contributed by atoms with van der Waals surface area (Å²) >= 11 is 0. The van der Waals surface area contributed by atoms with Crippen LogP contribution in [0.25, 0.3) is 27.8 Å². The van der Waals surface area contributed by atoms with E-state index in [0.717, 1.165) is 29.2 Å². The van der Waals surface area contributed by atoms with Gasteiger partial charge in [-0.3, -0.25) is 0 Å². The Hall–Kier alpha value is -8.46. The van der Waals surface area contributed by atoms with Crippen molar-refractivity contribution in [2.24, 2.45) is 5.41 Å². The first-order valence-corrected chi connectivity index (χ1v) is 25.1. The average Bonchev–Trinajstić information content (AvgIpc) is 4.07. The summed E-state index contributed by atoms with van der Waals surface area (Å²) in [6.45, 7) is 2.46. The zero-order valence-electron chi connectivity index (χ0n) is 39.6. The van der Waals surface area contributed by atoms with E-state index in [4.69, 9.17) is 4.74 Å². The highest BCUT2D eigenvalue weighted by molar-refractivity contribution is 5.90. The van der Waals surface area contributed by atoms with Crippen LogP contribution in [0, 0.1) is 5.41 Å². The lowest BCUT2D eigenvalue weighted by Gasteiger charge is -2.48. The summed E-state index contributed by atoms with van der Waals surface area (Å²) in [5, 5.41) is 0. The number of hydrogen-bond donors (Lipinski definition) is 0. The van der Waals surface area contributed by atoms with Crippen molar-refractivity contribution in [1.29, 1.82) is 0 Å². The molecule has 9 aromatic rings. The van der Waals surface area contributed by atoms with Crippen molar-refractivity contribution in [2.45, 2.75) is 36.2 Å². The molecule has 5 aliphatic rings. The Morgan fingerprint density at radius 1 is 0.451 bits per heavy atom. The maximum absolute atomic E-state index is 6.77. The van der Waals surface area contributed by atoms with Crippen molar-refractivity contribution in [3.63, 3.8) is 0 Å². The molecule has 1 heterocycles. The molecule has 2 nitrogen and oxygen atoms in total. The van der Waals surface area contributed by atoms with Gasteiger partial charge in [-0.15, -0.1) is 0 Å². The van der Waals surface area contributed by atoms with Crippen molar-refractivity contribution >= 4 is 22.6 Å². The fraction of sp³-hybridized carbons (Fsp3) is 0.101. The van der Waals surface area contributed by atoms with Gasteiger partial charge in [0.1, 0.15) is 11.9 Å². The minimum absolute atomic E-state index is 0.0330. The SMILES string of the molecule is CC1(C2(c3ccc(N(c4cccc(C5C=CC=C6c7ccccc7OC65)c4)c4ccc5c(c4)C(c4ccccc4)(c4ccccc4)c4ccccc4-5)cc3)c3ccccc3-c3ccccc32)C=CC=CC1. The van der Waals surface area contributed by atoms with Crippen molar-refractivity contribution < 1.29 is 4.74 Å². The summed E-state index contributed by atoms with van der Waals surface area (Å²) in [7, 11) is 0. The molecule has 71 heavy (non-hydrogen) atoms. The summed E-state index contributed by atoms with van der Waals surface area (Å²) in [6, 6.07) is 83.9. The predicted molar refractivity (Wildman–Crippen MR) is 292 cm³/mol. The Morgan fingerprint density at radius 2 is 1.03 bits per heavy atom. The summed E-state index contributed by atoms with van der Waals surface area (Å²) in [5.41, 5.74) is 20.0. The Labute approximate surface area is 416 Å². The predicted octanol–water partition coefficient (Wildman–Crippen LogP) is 16.9. The fourth-order valence-electron chi connectivity index (χ4n) is 13.5. The number of fused-ring (bicyclic) bond motifs is 9. The number of rotatable bonds is 8. The molecule has 0 N–H and O–H groups in total. The number of anilines is 3. The Morgan fingerprint density at radius 3 is 1.70 bits per heavy atom. The van der Waals surface area contributed by atoms with Gasteiger partial charge >= 0.3 is 0 Å². The van der Waals surface area contributed by atoms with Crippen LogP contribution in [-0.4, -0.2) is 6.10 Å². The molecule has 0 amide bonds. The van der Waals surface area contributed by atoms with E-state index in [0.29, 0.717) is 0 Å². The minimum Gasteiger partial charge on any atom is -0.484 e. The van der Waals surface area contributed by atoms with Gasteiger partial charge in [-0.1, -0.05) is 231 Å². The molecule has 338 valence electrons. The lowest BCUT2D eigenvalue weighted by atomic mass is 9.54. The van der Waals surface area contributed by atoms with Gasteiger partial charge in [-0.2, -0.15) is 0 Å². The van der Waals surface area contributed by atoms with Gasteiger partial charge in [0.05, 0.1) is 10.8 Å². The molecule has 0 radical (unpaired) electrons. The standard InChI is InChI=1S/C69H51NO/c1-67(43-17-4-18-44-67)69(62-34-14-10-28-56(62)57-29-11-15-35-63(57)69)50-37-39-51(40-38-50)70(52-26-19-21-47(45-52)54-31-20-32-60-59-30-12-16-36-65(59)71-66(54)60)53-41-42-58-55-27-9-13-33-61(55)68(64(58)46-53,48-22-5-2-6-23-48)49-24-7-3-8-25-49/h2-43,45-46,54,66H,44H2,1H3. The van der Waals surface area contributed by atoms with Crippen molar-refractivity contribution in [3.8, 4) is 28.0 Å². The quantitative estimate of drug-likeness (QED) is 0.151. The topological polar surface area (TPSA) is 12.5 Å². The zero-order valence-corrected chi connectivity index (χ0v) is 39.6. The van der Waals surface area contributed by atoms with Gasteiger partial charge in [0.15, 0.2) is 0 Å². The van der Waals surface area contributed by atoms with Crippen LogP contribution in [0.2, 0.25) is 0 Å². The molecule has 2 heteroatoms. The lowest BCUT2D eigenvalue weighted by Crippen LogP contribution is -2.43. The summed E-state index contributed by atoms with van der Waals surface area (Å²) in [6.07, 6.45) is 16.8. The molecular formula is C69H51NO. The van der Waals surface area contributed by atoms with Crippen LogP contribution in [0.1, 0.15) is 69.3 Å². The monoisotopic (exact) mass is 909 g/mol.